The summed E-state index contributed by atoms with van der Waals surface area (Å²) in [6, 6.07) is 27.3. The second-order valence-corrected chi connectivity index (χ2v) is 20.5. The van der Waals surface area contributed by atoms with Crippen LogP contribution in [0.15, 0.2) is 91.0 Å². The highest BCUT2D eigenvalue weighted by atomic mass is 16.8. The molecule has 0 saturated carbocycles. The van der Waals surface area contributed by atoms with Gasteiger partial charge in [-0.1, -0.05) is 91.0 Å². The normalized spacial score (nSPS) is 33.1. The molecule has 4 saturated heterocycles. The van der Waals surface area contributed by atoms with Crippen molar-refractivity contribution in [1.29, 1.82) is 0 Å². The van der Waals surface area contributed by atoms with Gasteiger partial charge in [-0.15, -0.1) is 0 Å². The van der Waals surface area contributed by atoms with Crippen molar-refractivity contribution >= 4 is 41.8 Å². The zero-order valence-corrected chi connectivity index (χ0v) is 48.3. The summed E-state index contributed by atoms with van der Waals surface area (Å²) in [4.78, 5) is 90.2. The fourth-order valence-electron chi connectivity index (χ4n) is 10.3. The molecule has 3 aromatic rings. The van der Waals surface area contributed by atoms with Gasteiger partial charge in [0.05, 0.1) is 38.1 Å². The van der Waals surface area contributed by atoms with Gasteiger partial charge in [-0.3, -0.25) is 33.6 Å². The molecule has 3 aromatic carbocycles. The number of carbonyl (C=O) groups is 7. The molecule has 0 aliphatic carbocycles. The first-order chi connectivity index (χ1) is 40.1. The maximum absolute atomic E-state index is 13.3. The lowest BCUT2D eigenvalue weighted by Gasteiger charge is -2.52. The number of carbonyl (C=O) groups excluding carboxylic acids is 7. The highest BCUT2D eigenvalue weighted by Gasteiger charge is 2.60. The third-order valence-corrected chi connectivity index (χ3v) is 13.8. The van der Waals surface area contributed by atoms with E-state index in [0.717, 1.165) is 59.6 Å². The third-order valence-electron chi connectivity index (χ3n) is 13.8. The molecular weight excluding hydrogens is 1110 g/mol. The van der Waals surface area contributed by atoms with Gasteiger partial charge < -0.3 is 85.6 Å². The SMILES string of the molecule is CC(=O)OCC1O[C@@H](OC2C(O[C@@H]3OC(C)[C@H](OC(C)=O)C(OC(C)=O)C3OC(C)=O)[C@@H](OCc3ccccc3)C(C)O[C@H]2OC2C(OCc3ccccc3)[C@H](O)OC(C)[C@@H]2OCc2ccccc2)C(OC(C)=O)C(OC(C)=O)[C@@H]1OC(C)=O. The van der Waals surface area contributed by atoms with Crippen LogP contribution in [-0.4, -0.2) is 176 Å². The lowest BCUT2D eigenvalue weighted by atomic mass is 9.95. The van der Waals surface area contributed by atoms with Gasteiger partial charge >= 0.3 is 41.8 Å². The predicted octanol–water partition coefficient (Wildman–Crippen LogP) is 4.00. The fourth-order valence-corrected chi connectivity index (χ4v) is 10.3. The predicted molar refractivity (Wildman–Crippen MR) is 284 cm³/mol. The largest absolute Gasteiger partial charge is 0.463 e. The van der Waals surface area contributed by atoms with E-state index in [1.54, 1.807) is 38.1 Å². The molecule has 4 aliphatic rings. The van der Waals surface area contributed by atoms with Crippen LogP contribution in [0.5, 0.6) is 0 Å². The summed E-state index contributed by atoms with van der Waals surface area (Å²) >= 11 is 0. The molecule has 0 amide bonds. The molecule has 20 atom stereocenters. The Hall–Kier alpha value is -6.49. The van der Waals surface area contributed by atoms with Crippen LogP contribution in [0, 0.1) is 0 Å². The zero-order chi connectivity index (χ0) is 60.8. The zero-order valence-electron chi connectivity index (χ0n) is 48.3. The number of hydrogen-bond acceptors (Lipinski definition) is 25. The molecule has 0 radical (unpaired) electrons. The third kappa shape index (κ3) is 17.8. The number of hydrogen-bond donors (Lipinski definition) is 1. The summed E-state index contributed by atoms with van der Waals surface area (Å²) in [5.74, 6) is -6.11. The first kappa shape index (κ1) is 65.1. The van der Waals surface area contributed by atoms with E-state index in [9.17, 15) is 38.7 Å². The smallest absolute Gasteiger partial charge is 0.303 e. The first-order valence-corrected chi connectivity index (χ1v) is 27.5. The van der Waals surface area contributed by atoms with Crippen molar-refractivity contribution in [2.24, 2.45) is 0 Å². The first-order valence-electron chi connectivity index (χ1n) is 27.5. The molecular formula is C59H74O25. The van der Waals surface area contributed by atoms with Crippen molar-refractivity contribution in [3.05, 3.63) is 108 Å². The van der Waals surface area contributed by atoms with Crippen LogP contribution in [0.25, 0.3) is 0 Å². The maximum Gasteiger partial charge on any atom is 0.303 e. The average molecular weight is 1180 g/mol. The van der Waals surface area contributed by atoms with Crippen LogP contribution in [-0.2, 0) is 134 Å². The number of benzene rings is 3. The number of ether oxygens (including phenoxy) is 17. The minimum absolute atomic E-state index is 0.0148. The lowest BCUT2D eigenvalue weighted by Crippen LogP contribution is -2.69. The Bertz CT molecular complexity index is 2590. The summed E-state index contributed by atoms with van der Waals surface area (Å²) in [6.45, 7) is 11.6. The Balaban J connectivity index is 1.43. The lowest BCUT2D eigenvalue weighted by molar-refractivity contribution is -0.406. The molecule has 0 aromatic heterocycles. The minimum atomic E-state index is -1.95. The molecule has 25 heteroatoms. The second kappa shape index (κ2) is 30.5. The summed E-state index contributed by atoms with van der Waals surface area (Å²) in [7, 11) is 0. The number of aliphatic hydroxyl groups excluding tert-OH is 1. The van der Waals surface area contributed by atoms with E-state index < -0.39 is 171 Å². The van der Waals surface area contributed by atoms with Gasteiger partial charge in [0.25, 0.3) is 0 Å². The molecule has 0 bridgehead atoms. The van der Waals surface area contributed by atoms with E-state index in [2.05, 4.69) is 0 Å². The quantitative estimate of drug-likeness (QED) is 0.104. The number of aliphatic hydroxyl groups is 1. The molecule has 7 rings (SSSR count). The van der Waals surface area contributed by atoms with Crippen LogP contribution in [0.3, 0.4) is 0 Å². The van der Waals surface area contributed by atoms with E-state index in [0.29, 0.717) is 5.56 Å². The van der Waals surface area contributed by atoms with Crippen molar-refractivity contribution in [3.8, 4) is 0 Å². The van der Waals surface area contributed by atoms with E-state index in [4.69, 9.17) is 80.5 Å². The Labute approximate surface area is 485 Å². The van der Waals surface area contributed by atoms with Crippen molar-refractivity contribution < 1.29 is 119 Å². The Morgan fingerprint density at radius 3 is 1.11 bits per heavy atom. The van der Waals surface area contributed by atoms with E-state index in [1.807, 2.05) is 66.7 Å². The molecule has 1 N–H and O–H groups in total. The average Bonchev–Trinajstić information content (AvgIpc) is 1.74. The molecule has 84 heavy (non-hydrogen) atoms. The molecule has 4 heterocycles. The van der Waals surface area contributed by atoms with Gasteiger partial charge in [-0.25, -0.2) is 0 Å². The second-order valence-electron chi connectivity index (χ2n) is 20.5. The van der Waals surface area contributed by atoms with Gasteiger partial charge in [0.2, 0.25) is 0 Å². The van der Waals surface area contributed by atoms with Crippen LogP contribution in [0.2, 0.25) is 0 Å². The summed E-state index contributed by atoms with van der Waals surface area (Å²) in [5.41, 5.74) is 2.16. The molecule has 4 aliphatic heterocycles. The summed E-state index contributed by atoms with van der Waals surface area (Å²) in [5, 5.41) is 11.9. The van der Waals surface area contributed by atoms with Crippen molar-refractivity contribution in [2.75, 3.05) is 6.61 Å². The standard InChI is InChI=1S/C59H74O25/c1-30-44(69-26-40-20-14-11-15-21-40)48(52(56(67)72-30)71-28-42-24-18-13-19-25-42)82-58-55(84-59-54(80-39(10)66)51(78-37(8)64)47(76-35(6)62)43(81-59)29-68-33(4)60)49(45(31(2)73-58)70-27-41-22-16-12-17-23-41)83-57-53(79-38(9)65)50(77-36(7)63)46(32(3)74-57)75-34(5)61/h11-25,30-32,43-59,67H,26-29H2,1-10H3/t30?,31?,32?,43?,44-,45-,46-,47+,48?,49?,50?,51?,52?,53?,54?,55?,56+,57-,58-,59-/m0/s1. The molecule has 12 unspecified atom stereocenters. The van der Waals surface area contributed by atoms with Crippen molar-refractivity contribution in [2.45, 2.75) is 212 Å². The Morgan fingerprint density at radius 2 is 0.679 bits per heavy atom. The molecule has 0 spiro atoms. The molecule has 25 nitrogen and oxygen atoms in total. The van der Waals surface area contributed by atoms with Gasteiger partial charge in [0.1, 0.15) is 49.3 Å². The van der Waals surface area contributed by atoms with Crippen LogP contribution >= 0.6 is 0 Å². The van der Waals surface area contributed by atoms with E-state index >= 15 is 0 Å². The number of esters is 7. The highest BCUT2D eigenvalue weighted by molar-refractivity contribution is 5.69. The van der Waals surface area contributed by atoms with E-state index in [1.165, 1.54) is 6.92 Å². The van der Waals surface area contributed by atoms with Crippen molar-refractivity contribution in [3.63, 3.8) is 0 Å². The minimum Gasteiger partial charge on any atom is -0.463 e. The van der Waals surface area contributed by atoms with Gasteiger partial charge in [-0.05, 0) is 37.5 Å². The number of rotatable bonds is 23. The Kier molecular flexibility index (Phi) is 23.7. The monoisotopic (exact) mass is 1180 g/mol. The van der Waals surface area contributed by atoms with Gasteiger partial charge in [0.15, 0.2) is 61.8 Å². The van der Waals surface area contributed by atoms with Gasteiger partial charge in [0, 0.05) is 48.5 Å². The molecule has 4 fully saturated rings. The van der Waals surface area contributed by atoms with Crippen molar-refractivity contribution in [1.82, 2.24) is 0 Å². The van der Waals surface area contributed by atoms with E-state index in [-0.39, 0.29) is 19.8 Å². The summed E-state index contributed by atoms with van der Waals surface area (Å²) in [6.07, 6.45) is -30.2. The van der Waals surface area contributed by atoms with Crippen LogP contribution in [0.4, 0.5) is 0 Å². The maximum atomic E-state index is 13.3. The molecule has 460 valence electrons. The topological polar surface area (TPSA) is 297 Å². The van der Waals surface area contributed by atoms with Crippen LogP contribution in [0.1, 0.15) is 85.9 Å². The summed E-state index contributed by atoms with van der Waals surface area (Å²) < 4.78 is 107. The fraction of sp³-hybridized carbons (Fsp3) is 0.576. The van der Waals surface area contributed by atoms with Gasteiger partial charge in [-0.2, -0.15) is 0 Å². The van der Waals surface area contributed by atoms with Crippen LogP contribution < -0.4 is 0 Å². The highest BCUT2D eigenvalue weighted by Crippen LogP contribution is 2.40. The Morgan fingerprint density at radius 1 is 0.357 bits per heavy atom.